The molecule has 0 aliphatic carbocycles. The van der Waals surface area contributed by atoms with Crippen molar-refractivity contribution in [3.8, 4) is 0 Å². The van der Waals surface area contributed by atoms with Crippen LogP contribution in [0.3, 0.4) is 0 Å². The maximum absolute atomic E-state index is 11.8. The summed E-state index contributed by atoms with van der Waals surface area (Å²) >= 11 is 0. The van der Waals surface area contributed by atoms with E-state index in [9.17, 15) is 14.4 Å². The molecule has 1 N–H and O–H groups in total. The summed E-state index contributed by atoms with van der Waals surface area (Å²) < 4.78 is 1.53. The van der Waals surface area contributed by atoms with Crippen LogP contribution in [-0.2, 0) is 16.1 Å². The molecule has 0 saturated carbocycles. The highest BCUT2D eigenvalue weighted by atomic mass is 16.4. The van der Waals surface area contributed by atoms with E-state index in [1.54, 1.807) is 13.8 Å². The van der Waals surface area contributed by atoms with Crippen LogP contribution in [0, 0.1) is 0 Å². The van der Waals surface area contributed by atoms with Gasteiger partial charge in [-0.25, -0.2) is 9.78 Å². The van der Waals surface area contributed by atoms with Crippen molar-refractivity contribution < 1.29 is 19.5 Å². The molecule has 0 spiro atoms. The minimum absolute atomic E-state index is 0.0652. The first kappa shape index (κ1) is 13.0. The van der Waals surface area contributed by atoms with Gasteiger partial charge >= 0.3 is 5.97 Å². The second-order valence-corrected chi connectivity index (χ2v) is 4.31. The number of carboxylic acid groups (broad SMARTS) is 1. The Balaban J connectivity index is 2.02. The topological polar surface area (TPSA) is 92.5 Å². The summed E-state index contributed by atoms with van der Waals surface area (Å²) in [6.45, 7) is 3.75. The molecular formula is C12H13N3O4. The number of hydrogen-bond acceptors (Lipinski definition) is 4. The SMILES string of the molecule is CC1=C(C)C(=O)N(CCn2cnc(C(=O)O)c2)C1=O. The molecule has 1 aromatic heterocycles. The molecule has 2 amide bonds. The molecule has 7 nitrogen and oxygen atoms in total. The van der Waals surface area contributed by atoms with Crippen molar-refractivity contribution in [1.82, 2.24) is 14.5 Å². The molecule has 0 unspecified atom stereocenters. The molecule has 0 saturated heterocycles. The molecule has 0 bridgehead atoms. The smallest absolute Gasteiger partial charge is 0.356 e. The first-order valence-corrected chi connectivity index (χ1v) is 5.70. The van der Waals surface area contributed by atoms with Gasteiger partial charge in [0.05, 0.1) is 6.33 Å². The predicted octanol–water partition coefficient (Wildman–Crippen LogP) is 0.286. The Hall–Kier alpha value is -2.44. The molecule has 0 radical (unpaired) electrons. The molecule has 7 heteroatoms. The third-order valence-electron chi connectivity index (χ3n) is 3.13. The van der Waals surface area contributed by atoms with Crippen LogP contribution in [0.15, 0.2) is 23.7 Å². The second-order valence-electron chi connectivity index (χ2n) is 4.31. The zero-order chi connectivity index (χ0) is 14.2. The van der Waals surface area contributed by atoms with Crippen molar-refractivity contribution in [2.75, 3.05) is 6.54 Å². The third kappa shape index (κ3) is 2.26. The summed E-state index contributed by atoms with van der Waals surface area (Å²) in [6.07, 6.45) is 2.72. The van der Waals surface area contributed by atoms with Gasteiger partial charge in [-0.3, -0.25) is 14.5 Å². The third-order valence-corrected chi connectivity index (χ3v) is 3.13. The quantitative estimate of drug-likeness (QED) is 0.788. The van der Waals surface area contributed by atoms with E-state index >= 15 is 0 Å². The largest absolute Gasteiger partial charge is 0.476 e. The van der Waals surface area contributed by atoms with Crippen molar-refractivity contribution in [3.05, 3.63) is 29.4 Å². The van der Waals surface area contributed by atoms with Gasteiger partial charge in [0.15, 0.2) is 5.69 Å². The van der Waals surface area contributed by atoms with Crippen LogP contribution in [0.25, 0.3) is 0 Å². The number of aromatic carboxylic acids is 1. The van der Waals surface area contributed by atoms with Crippen molar-refractivity contribution in [1.29, 1.82) is 0 Å². The van der Waals surface area contributed by atoms with Gasteiger partial charge in [0, 0.05) is 30.4 Å². The highest BCUT2D eigenvalue weighted by molar-refractivity contribution is 6.18. The molecule has 1 aliphatic rings. The summed E-state index contributed by atoms with van der Waals surface area (Å²) in [5.74, 6) is -1.69. The van der Waals surface area contributed by atoms with Gasteiger partial charge in [-0.05, 0) is 13.8 Å². The summed E-state index contributed by atoms with van der Waals surface area (Å²) in [6, 6.07) is 0. The van der Waals surface area contributed by atoms with E-state index in [1.165, 1.54) is 17.1 Å². The lowest BCUT2D eigenvalue weighted by molar-refractivity contribution is -0.137. The Morgan fingerprint density at radius 3 is 2.26 bits per heavy atom. The minimum atomic E-state index is -1.11. The highest BCUT2D eigenvalue weighted by Gasteiger charge is 2.32. The van der Waals surface area contributed by atoms with Gasteiger partial charge in [-0.1, -0.05) is 0 Å². The van der Waals surface area contributed by atoms with E-state index in [2.05, 4.69) is 4.98 Å². The summed E-state index contributed by atoms with van der Waals surface area (Å²) in [5.41, 5.74) is 0.855. The molecule has 0 atom stereocenters. The number of nitrogens with zero attached hydrogens (tertiary/aromatic N) is 3. The number of imide groups is 1. The van der Waals surface area contributed by atoms with Gasteiger partial charge in [-0.2, -0.15) is 0 Å². The lowest BCUT2D eigenvalue weighted by Crippen LogP contribution is -2.34. The van der Waals surface area contributed by atoms with Gasteiger partial charge in [0.2, 0.25) is 0 Å². The molecule has 2 rings (SSSR count). The Morgan fingerprint density at radius 2 is 1.79 bits per heavy atom. The second kappa shape index (κ2) is 4.68. The van der Waals surface area contributed by atoms with Crippen molar-refractivity contribution in [3.63, 3.8) is 0 Å². The number of hydrogen-bond donors (Lipinski definition) is 1. The molecule has 100 valence electrons. The van der Waals surface area contributed by atoms with Gasteiger partial charge < -0.3 is 9.67 Å². The van der Waals surface area contributed by atoms with Crippen LogP contribution >= 0.6 is 0 Å². The van der Waals surface area contributed by atoms with Gasteiger partial charge in [0.1, 0.15) is 0 Å². The fourth-order valence-electron chi connectivity index (χ4n) is 1.83. The average Bonchev–Trinajstić information content (AvgIpc) is 2.91. The lowest BCUT2D eigenvalue weighted by atomic mass is 10.2. The van der Waals surface area contributed by atoms with Crippen LogP contribution in [0.2, 0.25) is 0 Å². The number of carboxylic acids is 1. The fourth-order valence-corrected chi connectivity index (χ4v) is 1.83. The van der Waals surface area contributed by atoms with Crippen LogP contribution in [-0.4, -0.2) is 43.9 Å². The first-order valence-electron chi connectivity index (χ1n) is 5.70. The average molecular weight is 263 g/mol. The van der Waals surface area contributed by atoms with Crippen LogP contribution in [0.5, 0.6) is 0 Å². The Labute approximate surface area is 109 Å². The zero-order valence-corrected chi connectivity index (χ0v) is 10.6. The maximum atomic E-state index is 11.8. The van der Waals surface area contributed by atoms with Gasteiger partial charge in [0.25, 0.3) is 11.8 Å². The van der Waals surface area contributed by atoms with Crippen LogP contribution in [0.4, 0.5) is 0 Å². The van der Waals surface area contributed by atoms with Crippen LogP contribution in [0.1, 0.15) is 24.3 Å². The maximum Gasteiger partial charge on any atom is 0.356 e. The molecule has 0 fully saturated rings. The van der Waals surface area contributed by atoms with Crippen molar-refractivity contribution >= 4 is 17.8 Å². The fraction of sp³-hybridized carbons (Fsp3) is 0.333. The summed E-state index contributed by atoms with van der Waals surface area (Å²) in [5, 5.41) is 8.73. The van der Waals surface area contributed by atoms with Crippen LogP contribution < -0.4 is 0 Å². The molecule has 19 heavy (non-hydrogen) atoms. The van der Waals surface area contributed by atoms with E-state index in [1.807, 2.05) is 0 Å². The standard InChI is InChI=1S/C12H13N3O4/c1-7-8(2)11(17)15(10(7)16)4-3-14-5-9(12(18)19)13-6-14/h5-6H,3-4H2,1-2H3,(H,18,19). The molecule has 0 aromatic carbocycles. The molecule has 1 aliphatic heterocycles. The molecular weight excluding hydrogens is 250 g/mol. The Kier molecular flexibility index (Phi) is 3.20. The number of carbonyl (C=O) groups excluding carboxylic acids is 2. The monoisotopic (exact) mass is 263 g/mol. The van der Waals surface area contributed by atoms with E-state index in [4.69, 9.17) is 5.11 Å². The number of rotatable bonds is 4. The van der Waals surface area contributed by atoms with E-state index in [0.717, 1.165) is 4.90 Å². The summed E-state index contributed by atoms with van der Waals surface area (Å²) in [4.78, 5) is 39.1. The zero-order valence-electron chi connectivity index (χ0n) is 10.6. The number of aromatic nitrogens is 2. The minimum Gasteiger partial charge on any atom is -0.476 e. The summed E-state index contributed by atoms with van der Waals surface area (Å²) in [7, 11) is 0. The Bertz CT molecular complexity index is 576. The van der Waals surface area contributed by atoms with E-state index < -0.39 is 5.97 Å². The van der Waals surface area contributed by atoms with Crippen molar-refractivity contribution in [2.24, 2.45) is 0 Å². The van der Waals surface area contributed by atoms with Crippen molar-refractivity contribution in [2.45, 2.75) is 20.4 Å². The Morgan fingerprint density at radius 1 is 1.21 bits per heavy atom. The number of amides is 2. The molecule has 1 aromatic rings. The highest BCUT2D eigenvalue weighted by Crippen LogP contribution is 2.19. The molecule has 2 heterocycles. The predicted molar refractivity (Wildman–Crippen MR) is 64.3 cm³/mol. The number of carbonyl (C=O) groups is 3. The normalized spacial score (nSPS) is 15.6. The number of imidazole rings is 1. The van der Waals surface area contributed by atoms with E-state index in [0.29, 0.717) is 17.7 Å². The lowest BCUT2D eigenvalue weighted by Gasteiger charge is -2.14. The van der Waals surface area contributed by atoms with Gasteiger partial charge in [-0.15, -0.1) is 0 Å². The van der Waals surface area contributed by atoms with E-state index in [-0.39, 0.29) is 24.1 Å². The first-order chi connectivity index (χ1) is 8.91.